The van der Waals surface area contributed by atoms with Crippen molar-refractivity contribution in [2.75, 3.05) is 4.90 Å². The lowest BCUT2D eigenvalue weighted by Gasteiger charge is -2.28. The van der Waals surface area contributed by atoms with Gasteiger partial charge in [-0.05, 0) is 104 Å². The third kappa shape index (κ3) is 5.81. The predicted molar refractivity (Wildman–Crippen MR) is 228 cm³/mol. The van der Waals surface area contributed by atoms with Crippen molar-refractivity contribution in [3.05, 3.63) is 212 Å². The molecule has 2 nitrogen and oxygen atoms in total. The summed E-state index contributed by atoms with van der Waals surface area (Å²) in [4.78, 5) is 2.37. The van der Waals surface area contributed by atoms with Crippen molar-refractivity contribution in [3.63, 3.8) is 0 Å². The summed E-state index contributed by atoms with van der Waals surface area (Å²) < 4.78 is 6.19. The van der Waals surface area contributed by atoms with Crippen LogP contribution in [0.5, 0.6) is 0 Å². The molecule has 0 radical (unpaired) electrons. The van der Waals surface area contributed by atoms with E-state index in [-0.39, 0.29) is 0 Å². The van der Waals surface area contributed by atoms with Crippen LogP contribution in [0.2, 0.25) is 0 Å². The zero-order valence-corrected chi connectivity index (χ0v) is 29.6. The number of furan rings is 1. The van der Waals surface area contributed by atoms with E-state index in [1.165, 1.54) is 44.2 Å². The molecule has 2 heteroatoms. The molecule has 0 amide bonds. The third-order valence-corrected chi connectivity index (χ3v) is 10.5. The minimum absolute atomic E-state index is 0.895. The third-order valence-electron chi connectivity index (χ3n) is 10.5. The van der Waals surface area contributed by atoms with E-state index in [4.69, 9.17) is 4.42 Å². The highest BCUT2D eigenvalue weighted by Gasteiger charge is 2.18. The number of hydrogen-bond donors (Lipinski definition) is 0. The van der Waals surface area contributed by atoms with Gasteiger partial charge in [0.1, 0.15) is 11.2 Å². The molecule has 54 heavy (non-hydrogen) atoms. The molecular formula is C52H35NO. The number of fused-ring (bicyclic) bond motifs is 4. The second-order valence-corrected chi connectivity index (χ2v) is 13.8. The maximum Gasteiger partial charge on any atom is 0.135 e. The average Bonchev–Trinajstić information content (AvgIpc) is 3.63. The van der Waals surface area contributed by atoms with Crippen LogP contribution in [0.3, 0.4) is 0 Å². The topological polar surface area (TPSA) is 16.4 Å². The Morgan fingerprint density at radius 2 is 0.796 bits per heavy atom. The average molecular weight is 690 g/mol. The largest absolute Gasteiger partial charge is 0.456 e. The minimum atomic E-state index is 0.895. The highest BCUT2D eigenvalue weighted by atomic mass is 16.3. The molecule has 0 atom stereocenters. The predicted octanol–water partition coefficient (Wildman–Crippen LogP) is 14.9. The van der Waals surface area contributed by atoms with E-state index in [0.717, 1.165) is 50.1 Å². The summed E-state index contributed by atoms with van der Waals surface area (Å²) in [6, 6.07) is 76.0. The Labute approximate surface area is 314 Å². The van der Waals surface area contributed by atoms with Crippen LogP contribution in [0.4, 0.5) is 17.1 Å². The fourth-order valence-corrected chi connectivity index (χ4v) is 7.69. The molecule has 0 N–H and O–H groups in total. The highest BCUT2D eigenvalue weighted by molar-refractivity contribution is 6.07. The van der Waals surface area contributed by atoms with Crippen LogP contribution in [0.15, 0.2) is 217 Å². The van der Waals surface area contributed by atoms with Gasteiger partial charge < -0.3 is 9.32 Å². The molecular weight excluding hydrogens is 655 g/mol. The summed E-state index contributed by atoms with van der Waals surface area (Å²) in [7, 11) is 0. The molecule has 0 fully saturated rings. The van der Waals surface area contributed by atoms with E-state index in [9.17, 15) is 0 Å². The Bertz CT molecular complexity index is 2900. The SMILES string of the molecule is c1ccc(-c2ccc(N(c3ccc(-c4ccc(-c5ccc6ccccc6c5)cc4)cc3)c3ccccc3-c3ccc4oc5ccccc5c4c3)cc2)cc1. The number of anilines is 3. The standard InChI is InChI=1S/C52H35NO/c1-2-10-36(11-3-1)39-24-29-45(30-25-39)53(50-16-8-6-14-47(50)44-28-33-52-49(35-44)48-15-7-9-17-51(48)54-52)46-31-26-40(27-32-46)38-18-20-41(21-19-38)43-23-22-37-12-4-5-13-42(37)34-43/h1-35H. The molecule has 10 rings (SSSR count). The van der Waals surface area contributed by atoms with Crippen molar-refractivity contribution in [2.45, 2.75) is 0 Å². The van der Waals surface area contributed by atoms with Gasteiger partial charge in [-0.15, -0.1) is 0 Å². The Balaban J connectivity index is 1.04. The highest BCUT2D eigenvalue weighted by Crippen LogP contribution is 2.43. The van der Waals surface area contributed by atoms with Crippen LogP contribution in [0, 0.1) is 0 Å². The molecule has 0 aliphatic rings. The molecule has 0 aliphatic heterocycles. The smallest absolute Gasteiger partial charge is 0.135 e. The lowest BCUT2D eigenvalue weighted by Crippen LogP contribution is -2.11. The first kappa shape index (κ1) is 31.6. The quantitative estimate of drug-likeness (QED) is 0.166. The maximum absolute atomic E-state index is 6.19. The Morgan fingerprint density at radius 1 is 0.296 bits per heavy atom. The van der Waals surface area contributed by atoms with Gasteiger partial charge >= 0.3 is 0 Å². The number of nitrogens with zero attached hydrogens (tertiary/aromatic N) is 1. The molecule has 1 heterocycles. The van der Waals surface area contributed by atoms with Crippen LogP contribution >= 0.6 is 0 Å². The maximum atomic E-state index is 6.19. The van der Waals surface area contributed by atoms with Crippen LogP contribution in [0.1, 0.15) is 0 Å². The second-order valence-electron chi connectivity index (χ2n) is 13.8. The van der Waals surface area contributed by atoms with Crippen LogP contribution in [-0.4, -0.2) is 0 Å². The van der Waals surface area contributed by atoms with E-state index in [2.05, 4.69) is 205 Å². The van der Waals surface area contributed by atoms with Crippen molar-refractivity contribution in [1.29, 1.82) is 0 Å². The van der Waals surface area contributed by atoms with Gasteiger partial charge in [-0.25, -0.2) is 0 Å². The van der Waals surface area contributed by atoms with Gasteiger partial charge in [-0.3, -0.25) is 0 Å². The van der Waals surface area contributed by atoms with Gasteiger partial charge in [0.2, 0.25) is 0 Å². The summed E-state index contributed by atoms with van der Waals surface area (Å²) in [5.41, 5.74) is 14.5. The van der Waals surface area contributed by atoms with Crippen LogP contribution < -0.4 is 4.90 Å². The van der Waals surface area contributed by atoms with Crippen molar-refractivity contribution < 1.29 is 4.42 Å². The molecule has 9 aromatic carbocycles. The van der Waals surface area contributed by atoms with Gasteiger partial charge in [0.15, 0.2) is 0 Å². The number of para-hydroxylation sites is 2. The molecule has 1 aromatic heterocycles. The van der Waals surface area contributed by atoms with Crippen molar-refractivity contribution in [3.8, 4) is 44.5 Å². The van der Waals surface area contributed by atoms with E-state index >= 15 is 0 Å². The minimum Gasteiger partial charge on any atom is -0.456 e. The van der Waals surface area contributed by atoms with E-state index in [1.807, 2.05) is 12.1 Å². The summed E-state index contributed by atoms with van der Waals surface area (Å²) in [5, 5.41) is 4.76. The fraction of sp³-hybridized carbons (Fsp3) is 0. The number of hydrogen-bond acceptors (Lipinski definition) is 2. The van der Waals surface area contributed by atoms with E-state index in [1.54, 1.807) is 0 Å². The first-order chi connectivity index (χ1) is 26.7. The van der Waals surface area contributed by atoms with Gasteiger partial charge in [0, 0.05) is 27.7 Å². The van der Waals surface area contributed by atoms with Crippen LogP contribution in [-0.2, 0) is 0 Å². The number of benzene rings is 9. The summed E-state index contributed by atoms with van der Waals surface area (Å²) >= 11 is 0. The number of rotatable bonds is 7. The first-order valence-electron chi connectivity index (χ1n) is 18.4. The van der Waals surface area contributed by atoms with Crippen molar-refractivity contribution in [2.24, 2.45) is 0 Å². The van der Waals surface area contributed by atoms with E-state index in [0.29, 0.717) is 0 Å². The van der Waals surface area contributed by atoms with Gasteiger partial charge in [-0.2, -0.15) is 0 Å². The molecule has 0 aliphatic carbocycles. The summed E-state index contributed by atoms with van der Waals surface area (Å²) in [6.07, 6.45) is 0. The molecule has 254 valence electrons. The van der Waals surface area contributed by atoms with Crippen molar-refractivity contribution in [1.82, 2.24) is 0 Å². The summed E-state index contributed by atoms with van der Waals surface area (Å²) in [5.74, 6) is 0. The lowest BCUT2D eigenvalue weighted by atomic mass is 9.97. The zero-order chi connectivity index (χ0) is 35.8. The Morgan fingerprint density at radius 3 is 1.52 bits per heavy atom. The van der Waals surface area contributed by atoms with Crippen LogP contribution in [0.25, 0.3) is 77.2 Å². The monoisotopic (exact) mass is 689 g/mol. The molecule has 0 saturated heterocycles. The van der Waals surface area contributed by atoms with Crippen molar-refractivity contribution >= 4 is 49.8 Å². The fourth-order valence-electron chi connectivity index (χ4n) is 7.69. The first-order valence-corrected chi connectivity index (χ1v) is 18.4. The molecule has 0 spiro atoms. The Hall–Kier alpha value is -7.16. The van der Waals surface area contributed by atoms with Gasteiger partial charge in [-0.1, -0.05) is 158 Å². The molecule has 0 unspecified atom stereocenters. The molecule has 10 aromatic rings. The summed E-state index contributed by atoms with van der Waals surface area (Å²) in [6.45, 7) is 0. The Kier molecular flexibility index (Phi) is 7.85. The molecule has 0 bridgehead atoms. The zero-order valence-electron chi connectivity index (χ0n) is 29.6. The second kappa shape index (κ2) is 13.4. The van der Waals surface area contributed by atoms with Gasteiger partial charge in [0.25, 0.3) is 0 Å². The lowest BCUT2D eigenvalue weighted by molar-refractivity contribution is 0.669. The normalized spacial score (nSPS) is 11.3. The van der Waals surface area contributed by atoms with E-state index < -0.39 is 0 Å². The molecule has 0 saturated carbocycles. The van der Waals surface area contributed by atoms with Gasteiger partial charge in [0.05, 0.1) is 5.69 Å².